The topological polar surface area (TPSA) is 125 Å². The lowest BCUT2D eigenvalue weighted by molar-refractivity contribution is -0.492. The van der Waals surface area contributed by atoms with Crippen LogP contribution in [0.5, 0.6) is 0 Å². The normalized spacial score (nSPS) is 13.1. The van der Waals surface area contributed by atoms with Crippen LogP contribution in [0.3, 0.4) is 0 Å². The average molecular weight is 471 g/mol. The number of esters is 1. The number of unbranched alkanes of at least 4 members (excludes halogenated alkanes) is 1. The van der Waals surface area contributed by atoms with Crippen LogP contribution in [0, 0.1) is 5.92 Å². The Balaban J connectivity index is 2.53. The van der Waals surface area contributed by atoms with Crippen LogP contribution in [0.25, 0.3) is 0 Å². The number of hydrogen-bond donors (Lipinski definition) is 3. The minimum absolute atomic E-state index is 0.0420. The lowest BCUT2D eigenvalue weighted by atomic mass is 9.97. The summed E-state index contributed by atoms with van der Waals surface area (Å²) in [5.41, 5.74) is 2.13. The van der Waals surface area contributed by atoms with Crippen molar-refractivity contribution in [2.45, 2.75) is 58.9 Å². The molecule has 2 atom stereocenters. The van der Waals surface area contributed by atoms with Gasteiger partial charge in [-0.2, -0.15) is 0 Å². The van der Waals surface area contributed by atoms with Gasteiger partial charge in [0.05, 0.1) is 24.5 Å². The predicted molar refractivity (Wildman–Crippen MR) is 120 cm³/mol. The van der Waals surface area contributed by atoms with E-state index in [0.29, 0.717) is 18.8 Å². The first kappa shape index (κ1) is 28.1. The number of nitrogens with zero attached hydrogens (tertiary/aromatic N) is 1. The molecule has 0 aliphatic heterocycles. The van der Waals surface area contributed by atoms with E-state index in [1.807, 2.05) is 31.2 Å². The maximum atomic E-state index is 12.6. The summed E-state index contributed by atoms with van der Waals surface area (Å²) < 4.78 is 5.16. The van der Waals surface area contributed by atoms with E-state index in [4.69, 9.17) is 15.2 Å². The van der Waals surface area contributed by atoms with Gasteiger partial charge in [0, 0.05) is 12.7 Å². The van der Waals surface area contributed by atoms with Gasteiger partial charge in [0.25, 0.3) is 0 Å². The Morgan fingerprint density at radius 3 is 2.25 bits per heavy atom. The molecule has 1 amide bonds. The van der Waals surface area contributed by atoms with Gasteiger partial charge in [-0.1, -0.05) is 56.8 Å². The summed E-state index contributed by atoms with van der Waals surface area (Å²) in [5, 5.41) is 18.9. The van der Waals surface area contributed by atoms with Crippen molar-refractivity contribution in [2.75, 3.05) is 19.0 Å². The molecule has 1 aromatic rings. The first-order chi connectivity index (χ1) is 15.1. The maximum absolute atomic E-state index is 12.6. The van der Waals surface area contributed by atoms with E-state index >= 15 is 0 Å². The molecule has 0 spiro atoms. The van der Waals surface area contributed by atoms with E-state index in [1.165, 1.54) is 12.5 Å². The van der Waals surface area contributed by atoms with Gasteiger partial charge in [-0.15, -0.1) is 0 Å². The van der Waals surface area contributed by atoms with Gasteiger partial charge in [0.1, 0.15) is 6.04 Å². The van der Waals surface area contributed by atoms with Crippen LogP contribution in [-0.4, -0.2) is 57.8 Å². The van der Waals surface area contributed by atoms with E-state index in [2.05, 4.69) is 24.0 Å². The van der Waals surface area contributed by atoms with Crippen molar-refractivity contribution in [1.82, 2.24) is 10.7 Å². The van der Waals surface area contributed by atoms with E-state index in [9.17, 15) is 14.4 Å². The molecular weight excluding hydrogens is 436 g/mol. The van der Waals surface area contributed by atoms with Crippen LogP contribution in [0.4, 0.5) is 0 Å². The molecule has 0 radical (unpaired) electrons. The lowest BCUT2D eigenvalue weighted by Gasteiger charge is -2.17. The highest BCUT2D eigenvalue weighted by Gasteiger charge is 2.24. The summed E-state index contributed by atoms with van der Waals surface area (Å²) in [4.78, 5) is 40.8. The monoisotopic (exact) mass is 470 g/mol. The van der Waals surface area contributed by atoms with Gasteiger partial charge in [-0.25, -0.2) is 4.79 Å². The first-order valence-electron chi connectivity index (χ1n) is 10.6. The summed E-state index contributed by atoms with van der Waals surface area (Å²) in [5.74, 6) is -0.744. The zero-order valence-corrected chi connectivity index (χ0v) is 19.9. The number of ether oxygens (including phenoxy) is 1. The molecule has 2 unspecified atom stereocenters. The molecule has 180 valence electrons. The van der Waals surface area contributed by atoms with Crippen molar-refractivity contribution in [1.29, 1.82) is 0 Å². The molecular formula is C22H34N2O7S. The highest BCUT2D eigenvalue weighted by atomic mass is 32.2. The zero-order valence-electron chi connectivity index (χ0n) is 19.1. The van der Waals surface area contributed by atoms with Crippen LogP contribution in [0.1, 0.15) is 57.6 Å². The molecule has 0 fully saturated rings. The highest BCUT2D eigenvalue weighted by molar-refractivity contribution is 8.13. The number of amides is 1. The van der Waals surface area contributed by atoms with Crippen molar-refractivity contribution in [2.24, 2.45) is 5.92 Å². The average Bonchev–Trinajstić information content (AvgIpc) is 2.72. The zero-order chi connectivity index (χ0) is 24.1. The molecule has 0 bridgehead atoms. The van der Waals surface area contributed by atoms with Gasteiger partial charge in [0.2, 0.25) is 5.91 Å². The molecule has 0 aliphatic rings. The Bertz CT molecular complexity index is 725. The summed E-state index contributed by atoms with van der Waals surface area (Å²) in [6, 6.07) is 7.03. The Morgan fingerprint density at radius 1 is 1.06 bits per heavy atom. The third kappa shape index (κ3) is 11.6. The van der Waals surface area contributed by atoms with Crippen molar-refractivity contribution in [3.8, 4) is 0 Å². The number of nitrogens with one attached hydrogen (secondary N) is 1. The number of rotatable bonds is 14. The van der Waals surface area contributed by atoms with E-state index in [-0.39, 0.29) is 35.4 Å². The number of carbonyl (C=O) groups is 3. The van der Waals surface area contributed by atoms with Gasteiger partial charge in [0.15, 0.2) is 5.12 Å². The van der Waals surface area contributed by atoms with Crippen molar-refractivity contribution in [3.63, 3.8) is 0 Å². The Labute approximate surface area is 193 Å². The molecule has 1 rings (SSSR count). The smallest absolute Gasteiger partial charge is 0.329 e. The number of benzene rings is 1. The second-order valence-corrected chi connectivity index (χ2v) is 8.93. The second kappa shape index (κ2) is 15.0. The second-order valence-electron chi connectivity index (χ2n) is 7.90. The van der Waals surface area contributed by atoms with Gasteiger partial charge < -0.3 is 10.1 Å². The number of hydrogen-bond acceptors (Lipinski definition) is 9. The molecule has 0 saturated carbocycles. The molecule has 32 heavy (non-hydrogen) atoms. The van der Waals surface area contributed by atoms with Gasteiger partial charge >= 0.3 is 5.97 Å². The fourth-order valence-electron chi connectivity index (χ4n) is 2.88. The highest BCUT2D eigenvalue weighted by Crippen LogP contribution is 2.24. The minimum Gasteiger partial charge on any atom is -0.464 e. The number of carbonyl (C=O) groups excluding carboxylic acids is 3. The summed E-state index contributed by atoms with van der Waals surface area (Å²) >= 11 is 0.988. The third-order valence-corrected chi connectivity index (χ3v) is 5.66. The van der Waals surface area contributed by atoms with Crippen molar-refractivity contribution in [3.05, 3.63) is 35.4 Å². The fourth-order valence-corrected chi connectivity index (χ4v) is 3.81. The quantitative estimate of drug-likeness (QED) is 0.214. The third-order valence-electron chi connectivity index (χ3n) is 4.52. The van der Waals surface area contributed by atoms with Crippen LogP contribution in [0.15, 0.2) is 24.3 Å². The summed E-state index contributed by atoms with van der Waals surface area (Å²) in [6.07, 6.45) is 1.84. The fraction of sp³-hybridized carbons (Fsp3) is 0.591. The molecule has 0 aliphatic carbocycles. The standard InChI is InChI=1S/C22H34N2O7S/c1-15(2)13-18-7-9-19(10-8-18)16(3)22(27)32-14-20(23-17(4)25)21(26)30-11-5-6-12-31-24(28)29/h7-10,15-16,20,28-29H,5-6,11-14H2,1-4H3,(H,23,25). The Morgan fingerprint density at radius 2 is 1.69 bits per heavy atom. The Kier molecular flexibility index (Phi) is 13.1. The molecule has 3 N–H and O–H groups in total. The van der Waals surface area contributed by atoms with Crippen LogP contribution in [-0.2, 0) is 30.4 Å². The molecule has 10 heteroatoms. The largest absolute Gasteiger partial charge is 0.464 e. The van der Waals surface area contributed by atoms with Crippen molar-refractivity contribution < 1.29 is 34.4 Å². The van der Waals surface area contributed by atoms with Crippen LogP contribution >= 0.6 is 11.8 Å². The Hall–Kier alpha value is -1.98. The van der Waals surface area contributed by atoms with Gasteiger partial charge in [-0.05, 0) is 36.3 Å². The molecule has 1 aromatic carbocycles. The van der Waals surface area contributed by atoms with Crippen LogP contribution < -0.4 is 5.32 Å². The lowest BCUT2D eigenvalue weighted by Crippen LogP contribution is -2.43. The SMILES string of the molecule is CC(=O)NC(CSC(=O)C(C)c1ccc(CC(C)C)cc1)C(=O)OCCCCON(O)O. The first-order valence-corrected chi connectivity index (χ1v) is 11.6. The number of thioether (sulfide) groups is 1. The molecule has 0 aromatic heterocycles. The van der Waals surface area contributed by atoms with E-state index in [1.54, 1.807) is 0 Å². The summed E-state index contributed by atoms with van der Waals surface area (Å²) in [6.45, 7) is 7.54. The molecule has 0 heterocycles. The van der Waals surface area contributed by atoms with E-state index in [0.717, 1.165) is 23.7 Å². The summed E-state index contributed by atoms with van der Waals surface area (Å²) in [7, 11) is 0. The predicted octanol–water partition coefficient (Wildman–Crippen LogP) is 3.09. The molecule has 0 saturated heterocycles. The molecule has 9 nitrogen and oxygen atoms in total. The van der Waals surface area contributed by atoms with Crippen molar-refractivity contribution >= 4 is 28.8 Å². The van der Waals surface area contributed by atoms with Gasteiger partial charge in [-0.3, -0.25) is 24.8 Å². The minimum atomic E-state index is -0.941. The van der Waals surface area contributed by atoms with Crippen LogP contribution in [0.2, 0.25) is 0 Å². The van der Waals surface area contributed by atoms with E-state index < -0.39 is 17.9 Å². The maximum Gasteiger partial charge on any atom is 0.329 e.